The fourth-order valence-corrected chi connectivity index (χ4v) is 3.22. The molecule has 1 atom stereocenters. The first-order chi connectivity index (χ1) is 6.73. The van der Waals surface area contributed by atoms with Gasteiger partial charge in [0, 0.05) is 19.1 Å². The molecule has 1 unspecified atom stereocenters. The minimum Gasteiger partial charge on any atom is -0.329 e. The zero-order valence-corrected chi connectivity index (χ0v) is 11.3. The van der Waals surface area contributed by atoms with Gasteiger partial charge in [0.25, 0.3) is 0 Å². The quantitative estimate of drug-likeness (QED) is 0.753. The van der Waals surface area contributed by atoms with Gasteiger partial charge in [0.1, 0.15) is 0 Å². The molecule has 0 aromatic rings. The molecule has 0 spiro atoms. The van der Waals surface area contributed by atoms with Crippen LogP contribution in [-0.2, 0) is 10.0 Å². The summed E-state index contributed by atoms with van der Waals surface area (Å²) in [5.41, 5.74) is 5.14. The highest BCUT2D eigenvalue weighted by Gasteiger charge is 2.35. The molecule has 0 aliphatic carbocycles. The molecule has 0 heterocycles. The summed E-state index contributed by atoms with van der Waals surface area (Å²) in [6, 6.07) is 0. The maximum absolute atomic E-state index is 12.1. The summed E-state index contributed by atoms with van der Waals surface area (Å²) in [6.07, 6.45) is 1.34. The fourth-order valence-electron chi connectivity index (χ4n) is 1.29. The van der Waals surface area contributed by atoms with E-state index in [1.54, 1.807) is 7.05 Å². The Morgan fingerprint density at radius 2 is 1.80 bits per heavy atom. The first-order valence-corrected chi connectivity index (χ1v) is 6.92. The van der Waals surface area contributed by atoms with Crippen LogP contribution in [0.1, 0.15) is 40.5 Å². The standard InChI is InChI=1S/C10H24N2O2S/c1-6-9(8-11)15(13,14)12(5)10(3,4)7-2/h9H,6-8,11H2,1-5H3. The van der Waals surface area contributed by atoms with Crippen LogP contribution >= 0.6 is 0 Å². The molecule has 0 amide bonds. The maximum atomic E-state index is 12.1. The second-order valence-electron chi connectivity index (χ2n) is 4.44. The summed E-state index contributed by atoms with van der Waals surface area (Å²) in [5, 5.41) is -0.465. The molecule has 0 saturated heterocycles. The van der Waals surface area contributed by atoms with Crippen LogP contribution in [-0.4, -0.2) is 37.1 Å². The molecule has 5 heteroatoms. The van der Waals surface area contributed by atoms with E-state index in [1.807, 2.05) is 27.7 Å². The van der Waals surface area contributed by atoms with Gasteiger partial charge < -0.3 is 5.73 Å². The minimum atomic E-state index is -3.26. The van der Waals surface area contributed by atoms with Crippen LogP contribution in [0.5, 0.6) is 0 Å². The van der Waals surface area contributed by atoms with Gasteiger partial charge in [-0.05, 0) is 26.7 Å². The van der Waals surface area contributed by atoms with E-state index in [9.17, 15) is 8.42 Å². The first kappa shape index (κ1) is 14.9. The van der Waals surface area contributed by atoms with Crippen LogP contribution < -0.4 is 5.73 Å². The van der Waals surface area contributed by atoms with Crippen LogP contribution in [0.2, 0.25) is 0 Å². The van der Waals surface area contributed by atoms with Gasteiger partial charge in [0.15, 0.2) is 0 Å². The Morgan fingerprint density at radius 1 is 1.33 bits per heavy atom. The predicted molar refractivity (Wildman–Crippen MR) is 64.2 cm³/mol. The highest BCUT2D eigenvalue weighted by Crippen LogP contribution is 2.23. The smallest absolute Gasteiger partial charge is 0.218 e. The van der Waals surface area contributed by atoms with Gasteiger partial charge in [0.05, 0.1) is 5.25 Å². The Kier molecular flexibility index (Phi) is 5.23. The fraction of sp³-hybridized carbons (Fsp3) is 1.00. The van der Waals surface area contributed by atoms with Crippen molar-refractivity contribution in [2.75, 3.05) is 13.6 Å². The van der Waals surface area contributed by atoms with Crippen LogP contribution in [0, 0.1) is 0 Å². The molecule has 0 radical (unpaired) electrons. The minimum absolute atomic E-state index is 0.183. The van der Waals surface area contributed by atoms with E-state index in [4.69, 9.17) is 5.73 Å². The van der Waals surface area contributed by atoms with Crippen molar-refractivity contribution in [3.63, 3.8) is 0 Å². The van der Waals surface area contributed by atoms with Crippen molar-refractivity contribution in [1.82, 2.24) is 4.31 Å². The summed E-state index contributed by atoms with van der Waals surface area (Å²) >= 11 is 0. The van der Waals surface area contributed by atoms with Gasteiger partial charge in [-0.1, -0.05) is 13.8 Å². The van der Waals surface area contributed by atoms with Crippen molar-refractivity contribution < 1.29 is 8.42 Å². The molecule has 0 saturated carbocycles. The number of hydrogen-bond acceptors (Lipinski definition) is 3. The molecule has 0 fully saturated rings. The van der Waals surface area contributed by atoms with E-state index in [0.717, 1.165) is 6.42 Å². The van der Waals surface area contributed by atoms with Gasteiger partial charge in [-0.25, -0.2) is 8.42 Å². The Hall–Kier alpha value is -0.130. The summed E-state index contributed by atoms with van der Waals surface area (Å²) in [6.45, 7) is 7.86. The molecule has 92 valence electrons. The molecule has 15 heavy (non-hydrogen) atoms. The van der Waals surface area contributed by atoms with Crippen molar-refractivity contribution >= 4 is 10.0 Å². The number of hydrogen-bond donors (Lipinski definition) is 1. The second-order valence-corrected chi connectivity index (χ2v) is 6.69. The second kappa shape index (κ2) is 5.27. The lowest BCUT2D eigenvalue weighted by Crippen LogP contribution is -2.49. The van der Waals surface area contributed by atoms with Gasteiger partial charge in [-0.2, -0.15) is 4.31 Å². The molecule has 0 aromatic heterocycles. The van der Waals surface area contributed by atoms with Crippen LogP contribution in [0.25, 0.3) is 0 Å². The van der Waals surface area contributed by atoms with Gasteiger partial charge in [-0.15, -0.1) is 0 Å². The highest BCUT2D eigenvalue weighted by molar-refractivity contribution is 7.89. The van der Waals surface area contributed by atoms with Crippen molar-refractivity contribution in [3.05, 3.63) is 0 Å². The molecule has 0 aliphatic rings. The molecule has 4 nitrogen and oxygen atoms in total. The zero-order chi connectivity index (χ0) is 12.3. The van der Waals surface area contributed by atoms with Crippen molar-refractivity contribution in [1.29, 1.82) is 0 Å². The lowest BCUT2D eigenvalue weighted by molar-refractivity contribution is 0.254. The summed E-state index contributed by atoms with van der Waals surface area (Å²) in [4.78, 5) is 0. The normalized spacial score (nSPS) is 15.7. The highest BCUT2D eigenvalue weighted by atomic mass is 32.2. The molecule has 0 rings (SSSR count). The Labute approximate surface area is 93.9 Å². The van der Waals surface area contributed by atoms with Crippen LogP contribution in [0.15, 0.2) is 0 Å². The third kappa shape index (κ3) is 3.16. The number of nitrogens with two attached hydrogens (primary N) is 1. The number of nitrogens with zero attached hydrogens (tertiary/aromatic N) is 1. The Balaban J connectivity index is 5.04. The van der Waals surface area contributed by atoms with Gasteiger partial charge in [-0.3, -0.25) is 0 Å². The molecule has 0 aliphatic heterocycles. The largest absolute Gasteiger partial charge is 0.329 e. The van der Waals surface area contributed by atoms with Crippen LogP contribution in [0.4, 0.5) is 0 Å². The zero-order valence-electron chi connectivity index (χ0n) is 10.4. The first-order valence-electron chi connectivity index (χ1n) is 5.41. The van der Waals surface area contributed by atoms with Crippen LogP contribution in [0.3, 0.4) is 0 Å². The SMILES string of the molecule is CCC(CN)S(=O)(=O)N(C)C(C)(C)CC. The number of rotatable bonds is 6. The molecular formula is C10H24N2O2S. The maximum Gasteiger partial charge on any atom is 0.218 e. The predicted octanol–water partition coefficient (Wildman–Crippen LogP) is 1.17. The third-order valence-electron chi connectivity index (χ3n) is 3.24. The van der Waals surface area contributed by atoms with E-state index in [0.29, 0.717) is 6.42 Å². The van der Waals surface area contributed by atoms with Crippen molar-refractivity contribution in [2.45, 2.75) is 51.3 Å². The lowest BCUT2D eigenvalue weighted by atomic mass is 10.0. The Bertz CT molecular complexity index is 282. The van der Waals surface area contributed by atoms with E-state index in [1.165, 1.54) is 4.31 Å². The van der Waals surface area contributed by atoms with E-state index >= 15 is 0 Å². The van der Waals surface area contributed by atoms with E-state index in [2.05, 4.69) is 0 Å². The Morgan fingerprint density at radius 3 is 2.07 bits per heavy atom. The third-order valence-corrected chi connectivity index (χ3v) is 5.86. The topological polar surface area (TPSA) is 63.4 Å². The molecule has 2 N–H and O–H groups in total. The van der Waals surface area contributed by atoms with Crippen molar-refractivity contribution in [3.8, 4) is 0 Å². The molecular weight excluding hydrogens is 212 g/mol. The number of sulfonamides is 1. The average Bonchev–Trinajstić information content (AvgIpc) is 2.18. The molecule has 0 bridgehead atoms. The molecule has 0 aromatic carbocycles. The average molecular weight is 236 g/mol. The lowest BCUT2D eigenvalue weighted by Gasteiger charge is -2.35. The van der Waals surface area contributed by atoms with E-state index in [-0.39, 0.29) is 12.1 Å². The summed E-state index contributed by atoms with van der Waals surface area (Å²) < 4.78 is 25.7. The van der Waals surface area contributed by atoms with Gasteiger partial charge in [0.2, 0.25) is 10.0 Å². The van der Waals surface area contributed by atoms with E-state index < -0.39 is 15.3 Å². The van der Waals surface area contributed by atoms with Gasteiger partial charge >= 0.3 is 0 Å². The summed E-state index contributed by atoms with van der Waals surface area (Å²) in [5.74, 6) is 0. The monoisotopic (exact) mass is 236 g/mol. The summed E-state index contributed by atoms with van der Waals surface area (Å²) in [7, 11) is -1.63. The van der Waals surface area contributed by atoms with Crippen molar-refractivity contribution in [2.24, 2.45) is 5.73 Å².